The van der Waals surface area contributed by atoms with Gasteiger partial charge in [-0.3, -0.25) is 4.79 Å². The maximum atomic E-state index is 12.3. The molecule has 1 aromatic rings. The number of halogens is 1. The Morgan fingerprint density at radius 2 is 2.05 bits per heavy atom. The van der Waals surface area contributed by atoms with E-state index in [0.29, 0.717) is 18.9 Å². The Hall–Kier alpha value is -0.830. The van der Waals surface area contributed by atoms with Crippen molar-refractivity contribution in [2.45, 2.75) is 45.4 Å². The van der Waals surface area contributed by atoms with Crippen molar-refractivity contribution in [3.05, 3.63) is 28.2 Å². The number of ether oxygens (including phenoxy) is 1. The highest BCUT2D eigenvalue weighted by atomic mass is 79.9. The van der Waals surface area contributed by atoms with Gasteiger partial charge in [0.1, 0.15) is 5.75 Å². The Morgan fingerprint density at radius 3 is 2.68 bits per heavy atom. The Bertz CT molecular complexity index is 436. The lowest BCUT2D eigenvalue weighted by atomic mass is 9.85. The summed E-state index contributed by atoms with van der Waals surface area (Å²) in [6.45, 7) is 2.60. The third kappa shape index (κ3) is 4.07. The SMILES string of the molecule is CCOc1ccc(C(=O)CC2CCCCC2)c(Br)c1. The molecule has 1 aromatic carbocycles. The first-order valence-corrected chi connectivity index (χ1v) is 7.95. The third-order valence-corrected chi connectivity index (χ3v) is 4.41. The molecule has 1 saturated carbocycles. The van der Waals surface area contributed by atoms with E-state index in [1.165, 1.54) is 32.1 Å². The fourth-order valence-electron chi connectivity index (χ4n) is 2.74. The molecule has 0 unspecified atom stereocenters. The largest absolute Gasteiger partial charge is 0.494 e. The van der Waals surface area contributed by atoms with Crippen molar-refractivity contribution < 1.29 is 9.53 Å². The Balaban J connectivity index is 2.01. The minimum atomic E-state index is 0.252. The molecule has 0 spiro atoms. The number of Topliss-reactive ketones (excluding diaryl/α,β-unsaturated/α-hetero) is 1. The third-order valence-electron chi connectivity index (χ3n) is 3.75. The molecule has 0 saturated heterocycles. The van der Waals surface area contributed by atoms with Crippen LogP contribution in [0.3, 0.4) is 0 Å². The van der Waals surface area contributed by atoms with Crippen molar-refractivity contribution in [2.75, 3.05) is 6.61 Å². The zero-order valence-corrected chi connectivity index (χ0v) is 13.0. The van der Waals surface area contributed by atoms with Gasteiger partial charge in [-0.05, 0) is 47.0 Å². The number of hydrogen-bond donors (Lipinski definition) is 0. The summed E-state index contributed by atoms with van der Waals surface area (Å²) in [4.78, 5) is 12.3. The van der Waals surface area contributed by atoms with E-state index < -0.39 is 0 Å². The van der Waals surface area contributed by atoms with Gasteiger partial charge in [-0.25, -0.2) is 0 Å². The van der Waals surface area contributed by atoms with Crippen LogP contribution in [0, 0.1) is 5.92 Å². The summed E-state index contributed by atoms with van der Waals surface area (Å²) in [5.74, 6) is 1.64. The molecule has 0 bridgehead atoms. The maximum Gasteiger partial charge on any atom is 0.164 e. The van der Waals surface area contributed by atoms with Gasteiger partial charge in [-0.15, -0.1) is 0 Å². The molecule has 19 heavy (non-hydrogen) atoms. The van der Waals surface area contributed by atoms with Gasteiger partial charge in [0.25, 0.3) is 0 Å². The van der Waals surface area contributed by atoms with Gasteiger partial charge in [0.15, 0.2) is 5.78 Å². The molecule has 0 atom stereocenters. The smallest absolute Gasteiger partial charge is 0.164 e. The van der Waals surface area contributed by atoms with Crippen LogP contribution in [0.2, 0.25) is 0 Å². The van der Waals surface area contributed by atoms with Crippen molar-refractivity contribution in [3.8, 4) is 5.75 Å². The Kier molecular flexibility index (Phi) is 5.44. The van der Waals surface area contributed by atoms with E-state index in [-0.39, 0.29) is 5.78 Å². The molecule has 1 aliphatic rings. The van der Waals surface area contributed by atoms with Gasteiger partial charge >= 0.3 is 0 Å². The normalized spacial score (nSPS) is 16.3. The zero-order valence-electron chi connectivity index (χ0n) is 11.5. The summed E-state index contributed by atoms with van der Waals surface area (Å²) in [6.07, 6.45) is 7.00. The van der Waals surface area contributed by atoms with Gasteiger partial charge in [0, 0.05) is 16.5 Å². The number of ketones is 1. The lowest BCUT2D eigenvalue weighted by molar-refractivity contribution is 0.0949. The molecule has 0 aromatic heterocycles. The van der Waals surface area contributed by atoms with Crippen LogP contribution < -0.4 is 4.74 Å². The first-order chi connectivity index (χ1) is 9.20. The number of carbonyl (C=O) groups is 1. The van der Waals surface area contributed by atoms with E-state index in [1.807, 2.05) is 25.1 Å². The zero-order chi connectivity index (χ0) is 13.7. The van der Waals surface area contributed by atoms with E-state index in [9.17, 15) is 4.79 Å². The fraction of sp³-hybridized carbons (Fsp3) is 0.562. The summed E-state index contributed by atoms with van der Waals surface area (Å²) in [7, 11) is 0. The van der Waals surface area contributed by atoms with E-state index in [4.69, 9.17) is 4.74 Å². The summed E-state index contributed by atoms with van der Waals surface area (Å²) in [6, 6.07) is 5.64. The van der Waals surface area contributed by atoms with E-state index >= 15 is 0 Å². The molecule has 0 aliphatic heterocycles. The van der Waals surface area contributed by atoms with Crippen LogP contribution in [0.25, 0.3) is 0 Å². The highest BCUT2D eigenvalue weighted by Gasteiger charge is 2.19. The molecule has 2 rings (SSSR count). The Morgan fingerprint density at radius 1 is 1.32 bits per heavy atom. The van der Waals surface area contributed by atoms with E-state index in [0.717, 1.165) is 15.8 Å². The molecular weight excluding hydrogens is 304 g/mol. The minimum absolute atomic E-state index is 0.252. The van der Waals surface area contributed by atoms with Crippen LogP contribution in [-0.4, -0.2) is 12.4 Å². The van der Waals surface area contributed by atoms with Crippen LogP contribution in [-0.2, 0) is 0 Å². The van der Waals surface area contributed by atoms with Gasteiger partial charge in [0.05, 0.1) is 6.61 Å². The van der Waals surface area contributed by atoms with Crippen LogP contribution in [0.5, 0.6) is 5.75 Å². The standard InChI is InChI=1S/C16H21BrO2/c1-2-19-13-8-9-14(15(17)11-13)16(18)10-12-6-4-3-5-7-12/h8-9,11-12H,2-7,10H2,1H3. The molecular formula is C16H21BrO2. The molecule has 2 nitrogen and oxygen atoms in total. The summed E-state index contributed by atoms with van der Waals surface area (Å²) in [5, 5.41) is 0. The predicted octanol–water partition coefficient (Wildman–Crippen LogP) is 5.00. The second-order valence-electron chi connectivity index (χ2n) is 5.21. The van der Waals surface area contributed by atoms with E-state index in [2.05, 4.69) is 15.9 Å². The quantitative estimate of drug-likeness (QED) is 0.712. The summed E-state index contributed by atoms with van der Waals surface area (Å²) >= 11 is 3.48. The molecule has 1 fully saturated rings. The molecule has 0 N–H and O–H groups in total. The molecule has 0 amide bonds. The van der Waals surface area contributed by atoms with Gasteiger partial charge < -0.3 is 4.74 Å². The number of hydrogen-bond acceptors (Lipinski definition) is 2. The monoisotopic (exact) mass is 324 g/mol. The van der Waals surface area contributed by atoms with Crippen LogP contribution in [0.4, 0.5) is 0 Å². The summed E-state index contributed by atoms with van der Waals surface area (Å²) in [5.41, 5.74) is 0.786. The van der Waals surface area contributed by atoms with Gasteiger partial charge in [0.2, 0.25) is 0 Å². The number of benzene rings is 1. The minimum Gasteiger partial charge on any atom is -0.494 e. The molecule has 0 radical (unpaired) electrons. The van der Waals surface area contributed by atoms with Crippen molar-refractivity contribution in [1.29, 1.82) is 0 Å². The average molecular weight is 325 g/mol. The molecule has 1 aliphatic carbocycles. The fourth-order valence-corrected chi connectivity index (χ4v) is 3.32. The Labute approximate surface area is 123 Å². The van der Waals surface area contributed by atoms with Crippen molar-refractivity contribution >= 4 is 21.7 Å². The van der Waals surface area contributed by atoms with Crippen LogP contribution >= 0.6 is 15.9 Å². The molecule has 104 valence electrons. The molecule has 3 heteroatoms. The lowest BCUT2D eigenvalue weighted by Crippen LogP contribution is -2.12. The number of rotatable bonds is 5. The lowest BCUT2D eigenvalue weighted by Gasteiger charge is -2.20. The van der Waals surface area contributed by atoms with Crippen molar-refractivity contribution in [2.24, 2.45) is 5.92 Å². The molecule has 0 heterocycles. The number of carbonyl (C=O) groups excluding carboxylic acids is 1. The first-order valence-electron chi connectivity index (χ1n) is 7.16. The van der Waals surface area contributed by atoms with Crippen LogP contribution in [0.1, 0.15) is 55.8 Å². The summed E-state index contributed by atoms with van der Waals surface area (Å²) < 4.78 is 6.28. The van der Waals surface area contributed by atoms with E-state index in [1.54, 1.807) is 0 Å². The van der Waals surface area contributed by atoms with Gasteiger partial charge in [-0.1, -0.05) is 32.1 Å². The maximum absolute atomic E-state index is 12.3. The van der Waals surface area contributed by atoms with Crippen molar-refractivity contribution in [1.82, 2.24) is 0 Å². The second kappa shape index (κ2) is 7.09. The van der Waals surface area contributed by atoms with Gasteiger partial charge in [-0.2, -0.15) is 0 Å². The first kappa shape index (κ1) is 14.6. The predicted molar refractivity (Wildman–Crippen MR) is 80.8 cm³/mol. The van der Waals surface area contributed by atoms with Crippen molar-refractivity contribution in [3.63, 3.8) is 0 Å². The highest BCUT2D eigenvalue weighted by Crippen LogP contribution is 2.30. The highest BCUT2D eigenvalue weighted by molar-refractivity contribution is 9.10. The second-order valence-corrected chi connectivity index (χ2v) is 6.06. The average Bonchev–Trinajstić information content (AvgIpc) is 2.40. The topological polar surface area (TPSA) is 26.3 Å². The van der Waals surface area contributed by atoms with Crippen LogP contribution in [0.15, 0.2) is 22.7 Å².